The van der Waals surface area contributed by atoms with Gasteiger partial charge in [-0.1, -0.05) is 47.8 Å². The average molecular weight is 919 g/mol. The fourth-order valence-corrected chi connectivity index (χ4v) is 8.87. The fraction of sp³-hybridized carbons (Fsp3) is 0.389. The van der Waals surface area contributed by atoms with Crippen LogP contribution in [0.3, 0.4) is 0 Å². The lowest BCUT2D eigenvalue weighted by molar-refractivity contribution is 0.0569. The number of rotatable bonds is 19. The Morgan fingerprint density at radius 3 is 1.82 bits per heavy atom. The van der Waals surface area contributed by atoms with Gasteiger partial charge in [0.1, 0.15) is 17.7 Å². The molecule has 60 heavy (non-hydrogen) atoms. The van der Waals surface area contributed by atoms with E-state index in [1.54, 1.807) is 19.9 Å². The highest BCUT2D eigenvalue weighted by Gasteiger charge is 2.29. The number of nitrogens with one attached hydrogen (secondary N) is 2. The van der Waals surface area contributed by atoms with Crippen LogP contribution in [0.5, 0.6) is 5.88 Å². The van der Waals surface area contributed by atoms with Crippen LogP contribution >= 0.6 is 23.5 Å². The monoisotopic (exact) mass is 918 g/mol. The topological polar surface area (TPSA) is 220 Å². The van der Waals surface area contributed by atoms with E-state index in [1.165, 1.54) is 46.9 Å². The second-order valence-electron chi connectivity index (χ2n) is 13.3. The molecule has 2 aromatic carbocycles. The Bertz CT molecular complexity index is 2360. The van der Waals surface area contributed by atoms with Crippen LogP contribution in [0.25, 0.3) is 0 Å². The van der Waals surface area contributed by atoms with Crippen molar-refractivity contribution < 1.29 is 54.5 Å². The molecule has 326 valence electrons. The molecule has 0 saturated carbocycles. The van der Waals surface area contributed by atoms with E-state index in [4.69, 9.17) is 4.74 Å². The first kappa shape index (κ1) is 46.8. The molecule has 6 rings (SSSR count). The zero-order valence-electron chi connectivity index (χ0n) is 32.1. The summed E-state index contributed by atoms with van der Waals surface area (Å²) < 4.78 is 117. The van der Waals surface area contributed by atoms with Crippen molar-refractivity contribution in [2.75, 3.05) is 42.3 Å². The molecular formula is C36H42F4N8O8S4. The Balaban J connectivity index is 0.000000228. The summed E-state index contributed by atoms with van der Waals surface area (Å²) >= 11 is 2.00. The third-order valence-corrected chi connectivity index (χ3v) is 13.4. The lowest BCUT2D eigenvalue weighted by atomic mass is 10.1. The molecule has 4 heterocycles. The number of benzene rings is 2. The summed E-state index contributed by atoms with van der Waals surface area (Å²) in [6.07, 6.45) is 2.63. The van der Waals surface area contributed by atoms with E-state index in [0.29, 0.717) is 18.8 Å². The van der Waals surface area contributed by atoms with Crippen LogP contribution in [-0.2, 0) is 38.3 Å². The Kier molecular flexibility index (Phi) is 16.4. The number of halogens is 4. The van der Waals surface area contributed by atoms with Crippen molar-refractivity contribution in [1.82, 2.24) is 28.5 Å². The molecule has 0 spiro atoms. The quantitative estimate of drug-likeness (QED) is 0.0505. The van der Waals surface area contributed by atoms with Gasteiger partial charge in [-0.15, -0.1) is 0 Å². The molecule has 2 aliphatic heterocycles. The van der Waals surface area contributed by atoms with Gasteiger partial charge < -0.3 is 20.1 Å². The molecule has 16 nitrogen and oxygen atoms in total. The zero-order valence-corrected chi connectivity index (χ0v) is 35.3. The molecule has 0 bridgehead atoms. The third-order valence-electron chi connectivity index (χ3n) is 8.71. The number of hydrogen-bond donors (Lipinski definition) is 5. The predicted octanol–water partition coefficient (Wildman–Crippen LogP) is 4.23. The van der Waals surface area contributed by atoms with E-state index >= 15 is 0 Å². The molecule has 0 radical (unpaired) electrons. The number of thioether (sulfide) groups is 2. The molecule has 4 aromatic rings. The number of aliphatic hydroxyl groups is 3. The van der Waals surface area contributed by atoms with Gasteiger partial charge in [0.05, 0.1) is 12.6 Å². The minimum Gasteiger partial charge on any atom is -0.472 e. The molecule has 0 unspecified atom stereocenters. The SMILES string of the molecule is C[C@@H](O)[C@@H](C)Oc1cc(NS(=O)(=O)N2CCC2)nc(SCc2cccc(F)c2F)n1.O=S(=O)(Nc1cc(CC(CO)CO)nc(SCc2cccc(F)c2F)n1)N1C=CC1. The highest BCUT2D eigenvalue weighted by atomic mass is 32.2. The molecule has 0 amide bonds. The van der Waals surface area contributed by atoms with Crippen LogP contribution in [0.2, 0.25) is 0 Å². The summed E-state index contributed by atoms with van der Waals surface area (Å²) in [7, 11) is -7.61. The first-order valence-electron chi connectivity index (χ1n) is 18.2. The van der Waals surface area contributed by atoms with Crippen molar-refractivity contribution in [3.63, 3.8) is 0 Å². The lowest BCUT2D eigenvalue weighted by Gasteiger charge is -2.29. The van der Waals surface area contributed by atoms with Gasteiger partial charge in [0, 0.05) is 78.9 Å². The van der Waals surface area contributed by atoms with Crippen molar-refractivity contribution in [3.05, 3.63) is 101 Å². The van der Waals surface area contributed by atoms with Crippen LogP contribution in [0.15, 0.2) is 71.1 Å². The molecule has 2 aliphatic rings. The summed E-state index contributed by atoms with van der Waals surface area (Å²) in [5.41, 5.74) is 0.623. The highest BCUT2D eigenvalue weighted by Crippen LogP contribution is 2.28. The normalized spacial score (nSPS) is 15.1. The number of aromatic nitrogens is 4. The van der Waals surface area contributed by atoms with E-state index in [1.807, 2.05) is 0 Å². The van der Waals surface area contributed by atoms with Crippen molar-refractivity contribution in [1.29, 1.82) is 0 Å². The first-order valence-corrected chi connectivity index (χ1v) is 23.0. The Morgan fingerprint density at radius 2 is 1.33 bits per heavy atom. The van der Waals surface area contributed by atoms with Crippen LogP contribution in [0.4, 0.5) is 29.2 Å². The van der Waals surface area contributed by atoms with E-state index in [9.17, 15) is 49.7 Å². The van der Waals surface area contributed by atoms with Crippen LogP contribution in [0, 0.1) is 29.2 Å². The molecular weight excluding hydrogens is 877 g/mol. The van der Waals surface area contributed by atoms with Gasteiger partial charge in [0.25, 0.3) is 0 Å². The van der Waals surface area contributed by atoms with E-state index < -0.39 is 61.8 Å². The molecule has 2 atom stereocenters. The maximum atomic E-state index is 13.9. The van der Waals surface area contributed by atoms with Gasteiger partial charge in [-0.05, 0) is 44.9 Å². The third kappa shape index (κ3) is 12.9. The molecule has 24 heteroatoms. The van der Waals surface area contributed by atoms with Crippen molar-refractivity contribution in [2.24, 2.45) is 5.92 Å². The second-order valence-corrected chi connectivity index (χ2v) is 18.5. The fourth-order valence-electron chi connectivity index (χ4n) is 4.94. The Morgan fingerprint density at radius 1 is 0.800 bits per heavy atom. The molecule has 1 fully saturated rings. The maximum absolute atomic E-state index is 13.9. The molecule has 0 aliphatic carbocycles. The minimum absolute atomic E-state index is 0.00264. The summed E-state index contributed by atoms with van der Waals surface area (Å²) in [5.74, 6) is -4.26. The van der Waals surface area contributed by atoms with E-state index in [2.05, 4.69) is 29.4 Å². The molecule has 1 saturated heterocycles. The van der Waals surface area contributed by atoms with Gasteiger partial charge in [-0.25, -0.2) is 37.2 Å². The second kappa shape index (κ2) is 21.0. The van der Waals surface area contributed by atoms with Crippen LogP contribution in [0.1, 0.15) is 37.1 Å². The molecule has 5 N–H and O–H groups in total. The predicted molar refractivity (Wildman–Crippen MR) is 216 cm³/mol. The first-order chi connectivity index (χ1) is 28.5. The number of nitrogens with zero attached hydrogens (tertiary/aromatic N) is 6. The van der Waals surface area contributed by atoms with Gasteiger partial charge >= 0.3 is 20.4 Å². The van der Waals surface area contributed by atoms with Crippen molar-refractivity contribution >= 4 is 55.6 Å². The summed E-state index contributed by atoms with van der Waals surface area (Å²) in [6, 6.07) is 10.4. The molecule has 2 aromatic heterocycles. The van der Waals surface area contributed by atoms with Crippen molar-refractivity contribution in [2.45, 2.75) is 60.7 Å². The standard InChI is InChI=1S/C18H22F2N4O4S2.C18H20F2N4O4S2/c1-11(25)12(2)28-16-9-15(23-30(26,27)24-7-4-8-24)21-18(22-16)29-10-13-5-3-6-14(19)17(13)20;19-15-4-1-3-13(17(15)20)11-29-18-21-14(7-12(9-25)10-26)8-16(22-18)23-30(27,28)24-5-2-6-24/h3,5-6,9,11-12,25H,4,7-8,10H2,1-2H3,(H,21,22,23);1-5,8,12,25-26H,6-7,9-11H2,(H,21,22,23)/t11-,12-;/m1./s1. The number of hydrogen-bond acceptors (Lipinski definition) is 14. The summed E-state index contributed by atoms with van der Waals surface area (Å²) in [5, 5.41) is 28.6. The average Bonchev–Trinajstić information content (AvgIpc) is 3.13. The minimum atomic E-state index is -3.84. The highest BCUT2D eigenvalue weighted by molar-refractivity contribution is 7.98. The largest absolute Gasteiger partial charge is 0.472 e. The number of anilines is 2. The van der Waals surface area contributed by atoms with E-state index in [0.717, 1.165) is 46.4 Å². The van der Waals surface area contributed by atoms with E-state index in [-0.39, 0.29) is 76.6 Å². The van der Waals surface area contributed by atoms with Crippen LogP contribution in [-0.4, -0.2) is 106 Å². The van der Waals surface area contributed by atoms with Gasteiger partial charge in [-0.3, -0.25) is 9.03 Å². The van der Waals surface area contributed by atoms with Gasteiger partial charge in [0.15, 0.2) is 33.6 Å². The smallest absolute Gasteiger partial charge is 0.324 e. The maximum Gasteiger partial charge on any atom is 0.324 e. The number of ether oxygens (including phenoxy) is 1. The van der Waals surface area contributed by atoms with Crippen molar-refractivity contribution in [3.8, 4) is 5.88 Å². The van der Waals surface area contributed by atoms with Gasteiger partial charge in [0.2, 0.25) is 5.88 Å². The Labute approximate surface area is 352 Å². The summed E-state index contributed by atoms with van der Waals surface area (Å²) in [6.45, 7) is 3.69. The summed E-state index contributed by atoms with van der Waals surface area (Å²) in [4.78, 5) is 16.8. The van der Waals surface area contributed by atoms with Gasteiger partial charge in [-0.2, -0.15) is 26.1 Å². The lowest BCUT2D eigenvalue weighted by Crippen LogP contribution is -2.45. The zero-order chi connectivity index (χ0) is 43.6. The van der Waals surface area contributed by atoms with Crippen LogP contribution < -0.4 is 14.2 Å². The number of aliphatic hydroxyl groups excluding tert-OH is 3. The Hall–Kier alpha value is -4.30.